The Hall–Kier alpha value is -0.860. The van der Waals surface area contributed by atoms with Gasteiger partial charge < -0.3 is 5.32 Å². The van der Waals surface area contributed by atoms with Crippen molar-refractivity contribution in [3.63, 3.8) is 0 Å². The second kappa shape index (κ2) is 5.89. The number of nitrogens with zero attached hydrogens (tertiary/aromatic N) is 1. The van der Waals surface area contributed by atoms with Crippen LogP contribution in [0.4, 0.5) is 0 Å². The summed E-state index contributed by atoms with van der Waals surface area (Å²) in [6.45, 7) is 6.95. The number of nitrogens with one attached hydrogen (secondary N) is 1. The van der Waals surface area contributed by atoms with Crippen molar-refractivity contribution < 1.29 is 4.79 Å². The summed E-state index contributed by atoms with van der Waals surface area (Å²) in [7, 11) is 0. The number of aliphatic imine (C=N–C) groups is 1. The normalized spacial score (nSPS) is 10.9. The van der Waals surface area contributed by atoms with Crippen LogP contribution in [0.2, 0.25) is 0 Å². The summed E-state index contributed by atoms with van der Waals surface area (Å²) in [5.74, 6) is 0.700. The molecule has 0 bridgehead atoms. The van der Waals surface area contributed by atoms with E-state index in [2.05, 4.69) is 24.2 Å². The van der Waals surface area contributed by atoms with Crippen LogP contribution in [0.1, 0.15) is 20.8 Å². The Morgan fingerprint density at radius 2 is 2.27 bits per heavy atom. The molecule has 0 aromatic carbocycles. The molecule has 0 aliphatic carbocycles. The summed E-state index contributed by atoms with van der Waals surface area (Å²) in [5, 5.41) is 3.00. The maximum absolute atomic E-state index is 10.4. The van der Waals surface area contributed by atoms with Crippen LogP contribution in [0, 0.1) is 5.92 Å². The van der Waals surface area contributed by atoms with Crippen LogP contribution in [0.3, 0.4) is 0 Å². The highest BCUT2D eigenvalue weighted by Gasteiger charge is 1.88. The van der Waals surface area contributed by atoms with Gasteiger partial charge in [-0.05, 0) is 12.8 Å². The van der Waals surface area contributed by atoms with Gasteiger partial charge in [0.2, 0.25) is 0 Å². The van der Waals surface area contributed by atoms with Crippen molar-refractivity contribution in [2.75, 3.05) is 13.1 Å². The van der Waals surface area contributed by atoms with Crippen LogP contribution in [-0.4, -0.2) is 25.2 Å². The van der Waals surface area contributed by atoms with Gasteiger partial charge in [0.25, 0.3) is 0 Å². The average Bonchev–Trinajstić information content (AvgIpc) is 1.85. The van der Waals surface area contributed by atoms with Gasteiger partial charge in [-0.15, -0.1) is 0 Å². The van der Waals surface area contributed by atoms with E-state index in [0.29, 0.717) is 5.92 Å². The van der Waals surface area contributed by atoms with Crippen LogP contribution in [0.5, 0.6) is 0 Å². The molecule has 0 atom stereocenters. The molecule has 0 aromatic heterocycles. The molecule has 0 saturated carbocycles. The van der Waals surface area contributed by atoms with Crippen molar-refractivity contribution in [3.05, 3.63) is 0 Å². The third-order valence-corrected chi connectivity index (χ3v) is 1.02. The van der Waals surface area contributed by atoms with Gasteiger partial charge >= 0.3 is 0 Å². The molecule has 0 amide bonds. The number of ketones is 1. The van der Waals surface area contributed by atoms with E-state index in [1.807, 2.05) is 0 Å². The van der Waals surface area contributed by atoms with Crippen LogP contribution >= 0.6 is 0 Å². The summed E-state index contributed by atoms with van der Waals surface area (Å²) in [5.41, 5.74) is 0. The minimum absolute atomic E-state index is 0.0904. The Kier molecular flexibility index (Phi) is 5.43. The van der Waals surface area contributed by atoms with E-state index in [0.717, 1.165) is 6.54 Å². The fraction of sp³-hybridized carbons (Fsp3) is 0.750. The van der Waals surface area contributed by atoms with Gasteiger partial charge in [-0.3, -0.25) is 9.79 Å². The molecule has 0 aliphatic heterocycles. The molecular formula is C8H16N2O. The minimum atomic E-state index is 0.0904. The van der Waals surface area contributed by atoms with Gasteiger partial charge in [-0.2, -0.15) is 0 Å². The first-order valence-corrected chi connectivity index (χ1v) is 3.84. The van der Waals surface area contributed by atoms with Gasteiger partial charge in [0.15, 0.2) is 5.78 Å². The first-order chi connectivity index (χ1) is 5.13. The van der Waals surface area contributed by atoms with Crippen LogP contribution < -0.4 is 5.32 Å². The van der Waals surface area contributed by atoms with Crippen LogP contribution in [0.15, 0.2) is 4.99 Å². The highest BCUT2D eigenvalue weighted by molar-refractivity contribution is 5.79. The fourth-order valence-corrected chi connectivity index (χ4v) is 0.527. The number of hydrogen-bond acceptors (Lipinski definition) is 2. The van der Waals surface area contributed by atoms with E-state index in [4.69, 9.17) is 0 Å². The maximum Gasteiger partial charge on any atom is 0.151 e. The van der Waals surface area contributed by atoms with Crippen molar-refractivity contribution in [2.45, 2.75) is 20.8 Å². The van der Waals surface area contributed by atoms with Crippen molar-refractivity contribution in [3.8, 4) is 0 Å². The monoisotopic (exact) mass is 156 g/mol. The summed E-state index contributed by atoms with van der Waals surface area (Å²) < 4.78 is 0. The number of Topliss-reactive ketones (excluding diaryl/α,β-unsaturated/α-hetero) is 1. The molecule has 3 nitrogen and oxygen atoms in total. The first-order valence-electron chi connectivity index (χ1n) is 3.84. The van der Waals surface area contributed by atoms with E-state index >= 15 is 0 Å². The van der Waals surface area contributed by atoms with E-state index < -0.39 is 0 Å². The number of carbonyl (C=O) groups excluding carboxylic acids is 1. The van der Waals surface area contributed by atoms with Crippen molar-refractivity contribution in [1.29, 1.82) is 0 Å². The lowest BCUT2D eigenvalue weighted by molar-refractivity contribution is -0.115. The smallest absolute Gasteiger partial charge is 0.151 e. The molecule has 3 heteroatoms. The highest BCUT2D eigenvalue weighted by atomic mass is 16.1. The van der Waals surface area contributed by atoms with Gasteiger partial charge in [-0.1, -0.05) is 13.8 Å². The van der Waals surface area contributed by atoms with E-state index in [1.165, 1.54) is 6.92 Å². The van der Waals surface area contributed by atoms with Gasteiger partial charge in [-0.25, -0.2) is 0 Å². The topological polar surface area (TPSA) is 41.5 Å². The van der Waals surface area contributed by atoms with Crippen molar-refractivity contribution in [1.82, 2.24) is 5.32 Å². The van der Waals surface area contributed by atoms with Crippen LogP contribution in [-0.2, 0) is 4.79 Å². The van der Waals surface area contributed by atoms with Gasteiger partial charge in [0, 0.05) is 6.54 Å². The molecular weight excluding hydrogens is 140 g/mol. The summed E-state index contributed by atoms with van der Waals surface area (Å²) in [6.07, 6.45) is 1.60. The van der Waals surface area contributed by atoms with Crippen molar-refractivity contribution in [2.24, 2.45) is 10.9 Å². The molecule has 0 fully saturated rings. The lowest BCUT2D eigenvalue weighted by Crippen LogP contribution is -2.17. The van der Waals surface area contributed by atoms with Crippen molar-refractivity contribution >= 4 is 12.1 Å². The second-order valence-corrected chi connectivity index (χ2v) is 2.97. The highest BCUT2D eigenvalue weighted by Crippen LogP contribution is 1.84. The molecule has 0 saturated heterocycles. The standard InChI is InChI=1S/C8H16N2O/c1-7(2)4-9-6-10-5-8(3)11/h6-7H,4-5H2,1-3H3,(H,9,10). The Labute approximate surface area is 67.9 Å². The maximum atomic E-state index is 10.4. The quantitative estimate of drug-likeness (QED) is 0.473. The number of carbonyl (C=O) groups is 1. The molecule has 0 radical (unpaired) electrons. The molecule has 0 rings (SSSR count). The summed E-state index contributed by atoms with van der Waals surface area (Å²) >= 11 is 0. The molecule has 0 heterocycles. The molecule has 0 unspecified atom stereocenters. The summed E-state index contributed by atoms with van der Waals surface area (Å²) in [6, 6.07) is 0. The summed E-state index contributed by atoms with van der Waals surface area (Å²) in [4.78, 5) is 14.3. The van der Waals surface area contributed by atoms with E-state index in [-0.39, 0.29) is 12.3 Å². The molecule has 0 aromatic rings. The third kappa shape index (κ3) is 9.14. The predicted octanol–water partition coefficient (Wildman–Crippen LogP) is 0.849. The minimum Gasteiger partial charge on any atom is -0.376 e. The fourth-order valence-electron chi connectivity index (χ4n) is 0.527. The zero-order valence-electron chi connectivity index (χ0n) is 7.42. The molecule has 11 heavy (non-hydrogen) atoms. The lowest BCUT2D eigenvalue weighted by Gasteiger charge is -2.01. The van der Waals surface area contributed by atoms with Gasteiger partial charge in [0.05, 0.1) is 12.9 Å². The largest absolute Gasteiger partial charge is 0.376 e. The first kappa shape index (κ1) is 10.1. The van der Waals surface area contributed by atoms with Crippen LogP contribution in [0.25, 0.3) is 0 Å². The molecule has 0 aliphatic rings. The Bertz CT molecular complexity index is 141. The van der Waals surface area contributed by atoms with Gasteiger partial charge in [0.1, 0.15) is 0 Å². The second-order valence-electron chi connectivity index (χ2n) is 2.97. The van der Waals surface area contributed by atoms with E-state index in [9.17, 15) is 4.79 Å². The number of rotatable bonds is 5. The zero-order valence-corrected chi connectivity index (χ0v) is 7.42. The third-order valence-electron chi connectivity index (χ3n) is 1.02. The Morgan fingerprint density at radius 1 is 1.64 bits per heavy atom. The lowest BCUT2D eigenvalue weighted by atomic mass is 10.2. The zero-order chi connectivity index (χ0) is 8.69. The molecule has 0 spiro atoms. The average molecular weight is 156 g/mol. The Morgan fingerprint density at radius 3 is 2.73 bits per heavy atom. The SMILES string of the molecule is CC(=O)CN=CNCC(C)C. The predicted molar refractivity (Wildman–Crippen MR) is 46.9 cm³/mol. The molecule has 64 valence electrons. The van der Waals surface area contributed by atoms with E-state index in [1.54, 1.807) is 6.34 Å². The number of hydrogen-bond donors (Lipinski definition) is 1. The molecule has 1 N–H and O–H groups in total. The Balaban J connectivity index is 3.23.